The molecule has 1 aromatic rings. The molecule has 0 bridgehead atoms. The van der Waals surface area contributed by atoms with Gasteiger partial charge in [0.05, 0.1) is 0 Å². The Labute approximate surface area is 92.3 Å². The number of alkyl halides is 1. The molecule has 0 amide bonds. The third-order valence-electron chi connectivity index (χ3n) is 1.70. The smallest absolute Gasteiger partial charge is 0.108 e. The number of aryl methyl sites for hydroxylation is 2. The minimum Gasteiger partial charge on any atom is -0.338 e. The van der Waals surface area contributed by atoms with Gasteiger partial charge in [0.25, 0.3) is 0 Å². The first-order chi connectivity index (χ1) is 5.34. The van der Waals surface area contributed by atoms with E-state index in [0.717, 1.165) is 11.8 Å². The van der Waals surface area contributed by atoms with Crippen LogP contribution < -0.4 is 0 Å². The molecule has 0 aliphatic rings. The number of hydrogen-bond donors (Lipinski definition) is 0. The standard InChI is InChI=1S/C8H13BrN2.BrH/c1-11-7-6-10-8(11)4-2-3-5-9;/h6-7H,2-5H2,1H3;1H. The van der Waals surface area contributed by atoms with E-state index >= 15 is 0 Å². The molecule has 1 rings (SSSR count). The molecule has 0 aliphatic heterocycles. The highest BCUT2D eigenvalue weighted by Crippen LogP contribution is 2.02. The van der Waals surface area contributed by atoms with Crippen molar-refractivity contribution >= 4 is 32.9 Å². The highest BCUT2D eigenvalue weighted by molar-refractivity contribution is 9.09. The van der Waals surface area contributed by atoms with Crippen molar-refractivity contribution in [2.24, 2.45) is 7.05 Å². The second-order valence-electron chi connectivity index (χ2n) is 2.60. The van der Waals surface area contributed by atoms with E-state index in [0.29, 0.717) is 0 Å². The summed E-state index contributed by atoms with van der Waals surface area (Å²) >= 11 is 3.40. The van der Waals surface area contributed by atoms with Gasteiger partial charge in [0.1, 0.15) is 5.82 Å². The van der Waals surface area contributed by atoms with Gasteiger partial charge < -0.3 is 4.57 Å². The third-order valence-corrected chi connectivity index (χ3v) is 2.27. The molecule has 4 heteroatoms. The van der Waals surface area contributed by atoms with Crippen LogP contribution >= 0.6 is 32.9 Å². The minimum absolute atomic E-state index is 0. The van der Waals surface area contributed by atoms with Crippen LogP contribution in [0.15, 0.2) is 12.4 Å². The second kappa shape index (κ2) is 6.66. The van der Waals surface area contributed by atoms with E-state index in [1.54, 1.807) is 0 Å². The molecule has 0 N–H and O–H groups in total. The second-order valence-corrected chi connectivity index (χ2v) is 3.39. The number of nitrogens with zero attached hydrogens (tertiary/aromatic N) is 2. The molecule has 0 saturated heterocycles. The Balaban J connectivity index is 0.00000121. The number of unbranched alkanes of at least 4 members (excludes halogenated alkanes) is 1. The van der Waals surface area contributed by atoms with Crippen molar-refractivity contribution in [1.82, 2.24) is 9.55 Å². The topological polar surface area (TPSA) is 17.8 Å². The molecule has 0 spiro atoms. The summed E-state index contributed by atoms with van der Waals surface area (Å²) in [5, 5.41) is 1.09. The lowest BCUT2D eigenvalue weighted by Gasteiger charge is -1.99. The maximum absolute atomic E-state index is 4.24. The van der Waals surface area contributed by atoms with Crippen molar-refractivity contribution in [3.05, 3.63) is 18.2 Å². The van der Waals surface area contributed by atoms with E-state index in [4.69, 9.17) is 0 Å². The monoisotopic (exact) mass is 296 g/mol. The fourth-order valence-electron chi connectivity index (χ4n) is 1.01. The average molecular weight is 298 g/mol. The summed E-state index contributed by atoms with van der Waals surface area (Å²) in [6, 6.07) is 0. The van der Waals surface area contributed by atoms with Crippen molar-refractivity contribution in [1.29, 1.82) is 0 Å². The highest BCUT2D eigenvalue weighted by Gasteiger charge is 1.96. The Morgan fingerprint density at radius 2 is 2.25 bits per heavy atom. The summed E-state index contributed by atoms with van der Waals surface area (Å²) in [7, 11) is 2.04. The summed E-state index contributed by atoms with van der Waals surface area (Å²) in [6.07, 6.45) is 7.38. The molecule has 0 aliphatic carbocycles. The Kier molecular flexibility index (Phi) is 6.76. The number of imidazole rings is 1. The fraction of sp³-hybridized carbons (Fsp3) is 0.625. The van der Waals surface area contributed by atoms with Crippen LogP contribution in [0.5, 0.6) is 0 Å². The van der Waals surface area contributed by atoms with Crippen LogP contribution in [0.3, 0.4) is 0 Å². The van der Waals surface area contributed by atoms with Crippen molar-refractivity contribution in [2.75, 3.05) is 5.33 Å². The molecule has 0 saturated carbocycles. The van der Waals surface area contributed by atoms with Crippen LogP contribution in [-0.4, -0.2) is 14.9 Å². The van der Waals surface area contributed by atoms with Gasteiger partial charge in [0.15, 0.2) is 0 Å². The minimum atomic E-state index is 0. The van der Waals surface area contributed by atoms with Crippen LogP contribution in [0.2, 0.25) is 0 Å². The van der Waals surface area contributed by atoms with E-state index in [1.807, 2.05) is 19.4 Å². The lowest BCUT2D eigenvalue weighted by atomic mass is 10.2. The highest BCUT2D eigenvalue weighted by atomic mass is 79.9. The van der Waals surface area contributed by atoms with Crippen LogP contribution in [0.4, 0.5) is 0 Å². The molecule has 1 aromatic heterocycles. The van der Waals surface area contributed by atoms with E-state index in [2.05, 4.69) is 25.5 Å². The van der Waals surface area contributed by atoms with Crippen molar-refractivity contribution in [2.45, 2.75) is 19.3 Å². The lowest BCUT2D eigenvalue weighted by Crippen LogP contribution is -1.96. The van der Waals surface area contributed by atoms with E-state index in [-0.39, 0.29) is 17.0 Å². The Hall–Kier alpha value is 0.170. The van der Waals surface area contributed by atoms with Gasteiger partial charge in [-0.1, -0.05) is 15.9 Å². The number of aromatic nitrogens is 2. The molecule has 0 radical (unpaired) electrons. The predicted octanol–water partition coefficient (Wildman–Crippen LogP) is 2.72. The van der Waals surface area contributed by atoms with Crippen LogP contribution in [0, 0.1) is 0 Å². The zero-order valence-electron chi connectivity index (χ0n) is 7.16. The molecular weight excluding hydrogens is 284 g/mol. The van der Waals surface area contributed by atoms with Crippen molar-refractivity contribution < 1.29 is 0 Å². The average Bonchev–Trinajstić information content (AvgIpc) is 2.37. The van der Waals surface area contributed by atoms with Gasteiger partial charge in [-0.2, -0.15) is 0 Å². The largest absolute Gasteiger partial charge is 0.338 e. The Bertz CT molecular complexity index is 211. The summed E-state index contributed by atoms with van der Waals surface area (Å²) < 4.78 is 2.08. The van der Waals surface area contributed by atoms with Crippen LogP contribution in [0.1, 0.15) is 18.7 Å². The maximum Gasteiger partial charge on any atom is 0.108 e. The molecule has 0 atom stereocenters. The lowest BCUT2D eigenvalue weighted by molar-refractivity contribution is 0.717. The van der Waals surface area contributed by atoms with E-state index in [1.165, 1.54) is 18.7 Å². The normalized spacial score (nSPS) is 9.50. The summed E-state index contributed by atoms with van der Waals surface area (Å²) in [6.45, 7) is 0. The van der Waals surface area contributed by atoms with Gasteiger partial charge in [-0.05, 0) is 12.8 Å². The first kappa shape index (κ1) is 12.2. The Morgan fingerprint density at radius 3 is 2.75 bits per heavy atom. The third kappa shape index (κ3) is 3.72. The zero-order chi connectivity index (χ0) is 8.10. The molecular formula is C8H14Br2N2. The summed E-state index contributed by atoms with van der Waals surface area (Å²) in [4.78, 5) is 4.24. The SMILES string of the molecule is Br.Cn1ccnc1CCCCBr. The van der Waals surface area contributed by atoms with Gasteiger partial charge in [-0.3, -0.25) is 0 Å². The predicted molar refractivity (Wildman–Crippen MR) is 60.3 cm³/mol. The van der Waals surface area contributed by atoms with Crippen LogP contribution in [0.25, 0.3) is 0 Å². The summed E-state index contributed by atoms with van der Waals surface area (Å²) in [5.41, 5.74) is 0. The molecule has 2 nitrogen and oxygen atoms in total. The Morgan fingerprint density at radius 1 is 1.50 bits per heavy atom. The van der Waals surface area contributed by atoms with Gasteiger partial charge >= 0.3 is 0 Å². The van der Waals surface area contributed by atoms with Crippen molar-refractivity contribution in [3.63, 3.8) is 0 Å². The molecule has 0 fully saturated rings. The van der Waals surface area contributed by atoms with Gasteiger partial charge in [0.2, 0.25) is 0 Å². The molecule has 70 valence electrons. The molecule has 1 heterocycles. The van der Waals surface area contributed by atoms with Gasteiger partial charge in [-0.25, -0.2) is 4.98 Å². The fourth-order valence-corrected chi connectivity index (χ4v) is 1.41. The molecule has 0 aromatic carbocycles. The van der Waals surface area contributed by atoms with Gasteiger partial charge in [-0.15, -0.1) is 17.0 Å². The first-order valence-corrected chi connectivity index (χ1v) is 4.99. The maximum atomic E-state index is 4.24. The van der Waals surface area contributed by atoms with Gasteiger partial charge in [0, 0.05) is 31.2 Å². The van der Waals surface area contributed by atoms with Crippen molar-refractivity contribution in [3.8, 4) is 0 Å². The van der Waals surface area contributed by atoms with E-state index in [9.17, 15) is 0 Å². The number of halogens is 2. The van der Waals surface area contributed by atoms with Crippen LogP contribution in [-0.2, 0) is 13.5 Å². The number of hydrogen-bond acceptors (Lipinski definition) is 1. The number of rotatable bonds is 4. The molecule has 0 unspecified atom stereocenters. The summed E-state index contributed by atoms with van der Waals surface area (Å²) in [5.74, 6) is 1.19. The first-order valence-electron chi connectivity index (χ1n) is 3.86. The van der Waals surface area contributed by atoms with E-state index < -0.39 is 0 Å². The zero-order valence-corrected chi connectivity index (χ0v) is 10.5. The quantitative estimate of drug-likeness (QED) is 0.617. The molecule has 12 heavy (non-hydrogen) atoms.